The number of thiol groups is 1. The van der Waals surface area contributed by atoms with Gasteiger partial charge in [-0.1, -0.05) is 45.0 Å². The van der Waals surface area contributed by atoms with E-state index in [1.54, 1.807) is 12.1 Å². The van der Waals surface area contributed by atoms with Crippen LogP contribution in [-0.2, 0) is 31.8 Å². The third kappa shape index (κ3) is 7.03. The summed E-state index contributed by atoms with van der Waals surface area (Å²) in [7, 11) is -0.689. The van der Waals surface area contributed by atoms with Crippen LogP contribution in [0.25, 0.3) is 0 Å². The van der Waals surface area contributed by atoms with E-state index in [0.29, 0.717) is 18.0 Å². The normalized spacial score (nSPS) is 12.6. The SMILES string of the molecule is CO[SH](=O)=Nc1ccc(CNC(=O)COc2ccc(C(C)(C)C)cc2)cc1. The highest BCUT2D eigenvalue weighted by atomic mass is 32.2. The van der Waals surface area contributed by atoms with Crippen molar-refractivity contribution in [2.45, 2.75) is 32.7 Å². The Kier molecular flexibility index (Phi) is 7.38. The fourth-order valence-electron chi connectivity index (χ4n) is 2.27. The summed E-state index contributed by atoms with van der Waals surface area (Å²) in [6.07, 6.45) is 0. The van der Waals surface area contributed by atoms with Gasteiger partial charge in [0.1, 0.15) is 5.75 Å². The van der Waals surface area contributed by atoms with Gasteiger partial charge < -0.3 is 10.1 Å². The minimum atomic E-state index is -2.03. The van der Waals surface area contributed by atoms with Crippen molar-refractivity contribution in [2.24, 2.45) is 4.36 Å². The maximum absolute atomic E-state index is 12.0. The lowest BCUT2D eigenvalue weighted by Crippen LogP contribution is -2.28. The van der Waals surface area contributed by atoms with Gasteiger partial charge in [0.15, 0.2) is 17.5 Å². The molecule has 0 radical (unpaired) electrons. The molecule has 2 aromatic carbocycles. The van der Waals surface area contributed by atoms with Gasteiger partial charge in [0.05, 0.1) is 12.8 Å². The maximum atomic E-state index is 12.0. The molecule has 1 amide bonds. The zero-order valence-electron chi connectivity index (χ0n) is 16.1. The lowest BCUT2D eigenvalue weighted by atomic mass is 9.87. The average molecular weight is 391 g/mol. The van der Waals surface area contributed by atoms with Crippen LogP contribution in [-0.4, -0.2) is 23.8 Å². The van der Waals surface area contributed by atoms with Crippen LogP contribution in [0, 0.1) is 0 Å². The van der Waals surface area contributed by atoms with E-state index in [0.717, 1.165) is 5.56 Å². The van der Waals surface area contributed by atoms with Gasteiger partial charge in [-0.3, -0.25) is 8.98 Å². The lowest BCUT2D eigenvalue weighted by Gasteiger charge is -2.19. The Bertz CT molecular complexity index is 834. The number of nitrogens with one attached hydrogen (secondary N) is 1. The molecule has 2 rings (SSSR count). The van der Waals surface area contributed by atoms with E-state index in [2.05, 4.69) is 34.6 Å². The minimum Gasteiger partial charge on any atom is -0.484 e. The Morgan fingerprint density at radius 2 is 1.70 bits per heavy atom. The van der Waals surface area contributed by atoms with E-state index in [1.807, 2.05) is 36.4 Å². The number of ether oxygens (including phenoxy) is 1. The standard InChI is InChI=1S/C20H26N2O4S/c1-20(2,3)16-7-11-18(12-8-16)26-14-19(23)21-13-15-5-9-17(10-6-15)22-27(24)25-4/h5-12,27H,13-14H2,1-4H3,(H,21,23). The number of amides is 1. The van der Waals surface area contributed by atoms with Crippen LogP contribution in [0.15, 0.2) is 52.9 Å². The Labute approximate surface area is 162 Å². The molecule has 0 aliphatic heterocycles. The molecule has 7 heteroatoms. The Balaban J connectivity index is 1.80. The van der Waals surface area contributed by atoms with Gasteiger partial charge in [-0.2, -0.15) is 4.36 Å². The topological polar surface area (TPSA) is 77.0 Å². The van der Waals surface area contributed by atoms with Gasteiger partial charge in [0, 0.05) is 6.54 Å². The molecule has 1 unspecified atom stereocenters. The Hall–Kier alpha value is -2.38. The highest BCUT2D eigenvalue weighted by molar-refractivity contribution is 7.69. The highest BCUT2D eigenvalue weighted by Crippen LogP contribution is 2.24. The van der Waals surface area contributed by atoms with Gasteiger partial charge in [-0.05, 0) is 40.8 Å². The van der Waals surface area contributed by atoms with Crippen molar-refractivity contribution >= 4 is 22.5 Å². The second-order valence-electron chi connectivity index (χ2n) is 7.03. The molecule has 0 spiro atoms. The Morgan fingerprint density at radius 1 is 1.07 bits per heavy atom. The molecule has 1 N–H and O–H groups in total. The molecule has 27 heavy (non-hydrogen) atoms. The molecule has 1 atom stereocenters. The fraction of sp³-hybridized carbons (Fsp3) is 0.350. The number of rotatable bonds is 7. The second kappa shape index (κ2) is 9.53. The monoisotopic (exact) mass is 390 g/mol. The predicted octanol–water partition coefficient (Wildman–Crippen LogP) is 3.54. The summed E-state index contributed by atoms with van der Waals surface area (Å²) in [4.78, 5) is 12.0. The lowest BCUT2D eigenvalue weighted by molar-refractivity contribution is -0.123. The second-order valence-corrected chi connectivity index (χ2v) is 8.07. The summed E-state index contributed by atoms with van der Waals surface area (Å²) in [5.41, 5.74) is 2.77. The van der Waals surface area contributed by atoms with Gasteiger partial charge in [-0.25, -0.2) is 4.21 Å². The highest BCUT2D eigenvalue weighted by Gasteiger charge is 2.13. The summed E-state index contributed by atoms with van der Waals surface area (Å²) < 4.78 is 25.3. The first kappa shape index (κ1) is 20.9. The minimum absolute atomic E-state index is 0.0450. The van der Waals surface area contributed by atoms with Crippen LogP contribution in [0.3, 0.4) is 0 Å². The number of nitrogens with zero attached hydrogens (tertiary/aromatic N) is 1. The molecule has 0 aromatic heterocycles. The number of carbonyl (C=O) groups excluding carboxylic acids is 1. The van der Waals surface area contributed by atoms with Gasteiger partial charge in [0.25, 0.3) is 5.91 Å². The maximum Gasteiger partial charge on any atom is 0.258 e. The predicted molar refractivity (Wildman–Crippen MR) is 108 cm³/mol. The van der Waals surface area contributed by atoms with E-state index in [1.165, 1.54) is 12.7 Å². The third-order valence-corrected chi connectivity index (χ3v) is 4.58. The zero-order valence-corrected chi connectivity index (χ0v) is 17.0. The number of carbonyl (C=O) groups is 1. The van der Waals surface area contributed by atoms with Gasteiger partial charge in [-0.15, -0.1) is 0 Å². The molecule has 146 valence electrons. The number of hydrogen-bond acceptors (Lipinski definition) is 5. The third-order valence-electron chi connectivity index (χ3n) is 3.87. The smallest absolute Gasteiger partial charge is 0.258 e. The summed E-state index contributed by atoms with van der Waals surface area (Å²) in [5.74, 6) is 0.461. The van der Waals surface area contributed by atoms with Crippen LogP contribution in [0.1, 0.15) is 31.9 Å². The van der Waals surface area contributed by atoms with Crippen molar-refractivity contribution in [1.82, 2.24) is 5.32 Å². The van der Waals surface area contributed by atoms with Crippen LogP contribution < -0.4 is 10.1 Å². The number of benzene rings is 2. The van der Waals surface area contributed by atoms with Crippen molar-refractivity contribution in [2.75, 3.05) is 13.7 Å². The largest absolute Gasteiger partial charge is 0.484 e. The molecule has 0 saturated carbocycles. The first-order chi connectivity index (χ1) is 12.8. The molecular weight excluding hydrogens is 364 g/mol. The molecule has 0 aliphatic rings. The first-order valence-corrected chi connectivity index (χ1v) is 9.73. The Morgan fingerprint density at radius 3 is 2.26 bits per heavy atom. The number of hydrogen-bond donors (Lipinski definition) is 2. The molecule has 0 aliphatic carbocycles. The van der Waals surface area contributed by atoms with Crippen molar-refractivity contribution in [1.29, 1.82) is 0 Å². The molecule has 6 nitrogen and oxygen atoms in total. The van der Waals surface area contributed by atoms with Crippen LogP contribution in [0.4, 0.5) is 5.69 Å². The molecule has 0 bridgehead atoms. The van der Waals surface area contributed by atoms with E-state index >= 15 is 0 Å². The van der Waals surface area contributed by atoms with Crippen LogP contribution in [0.2, 0.25) is 0 Å². The van der Waals surface area contributed by atoms with Crippen LogP contribution in [0.5, 0.6) is 5.75 Å². The van der Waals surface area contributed by atoms with E-state index < -0.39 is 10.9 Å². The van der Waals surface area contributed by atoms with Crippen molar-refractivity contribution < 1.29 is 17.9 Å². The fourth-order valence-corrected chi connectivity index (χ4v) is 2.67. The summed E-state index contributed by atoms with van der Waals surface area (Å²) in [6, 6.07) is 14.8. The molecule has 2 aromatic rings. The van der Waals surface area contributed by atoms with Gasteiger partial charge >= 0.3 is 0 Å². The quantitative estimate of drug-likeness (QED) is 0.709. The summed E-state index contributed by atoms with van der Waals surface area (Å²) >= 11 is 0. The van der Waals surface area contributed by atoms with Crippen LogP contribution >= 0.6 is 0 Å². The van der Waals surface area contributed by atoms with Crippen molar-refractivity contribution in [3.05, 3.63) is 59.7 Å². The van der Waals surface area contributed by atoms with Crippen molar-refractivity contribution in [3.63, 3.8) is 0 Å². The summed E-state index contributed by atoms with van der Waals surface area (Å²) in [5, 5.41) is 2.80. The van der Waals surface area contributed by atoms with Crippen molar-refractivity contribution in [3.8, 4) is 5.75 Å². The van der Waals surface area contributed by atoms with E-state index in [-0.39, 0.29) is 17.9 Å². The molecule has 0 heterocycles. The first-order valence-electron chi connectivity index (χ1n) is 8.60. The average Bonchev–Trinajstić information content (AvgIpc) is 2.65. The molecular formula is C20H26N2O4S. The zero-order chi connectivity index (χ0) is 19.9. The van der Waals surface area contributed by atoms with E-state index in [4.69, 9.17) is 4.74 Å². The summed E-state index contributed by atoms with van der Waals surface area (Å²) in [6.45, 7) is 6.77. The van der Waals surface area contributed by atoms with E-state index in [9.17, 15) is 9.00 Å². The molecule has 0 fully saturated rings. The van der Waals surface area contributed by atoms with Gasteiger partial charge in [0.2, 0.25) is 0 Å². The molecule has 0 saturated heterocycles.